The molecule has 0 bridgehead atoms. The second-order valence-corrected chi connectivity index (χ2v) is 6.80. The summed E-state index contributed by atoms with van der Waals surface area (Å²) in [6.45, 7) is 2.68. The predicted octanol–water partition coefficient (Wildman–Crippen LogP) is 2.42. The van der Waals surface area contributed by atoms with Gasteiger partial charge in [0.25, 0.3) is 5.91 Å². The van der Waals surface area contributed by atoms with Crippen LogP contribution in [0.15, 0.2) is 43.0 Å². The summed E-state index contributed by atoms with van der Waals surface area (Å²) >= 11 is 0. The van der Waals surface area contributed by atoms with Crippen molar-refractivity contribution in [1.82, 2.24) is 14.5 Å². The van der Waals surface area contributed by atoms with Crippen LogP contribution in [0.4, 0.5) is 11.4 Å². The number of fused-ring (bicyclic) bond motifs is 4. The van der Waals surface area contributed by atoms with E-state index in [0.29, 0.717) is 30.3 Å². The van der Waals surface area contributed by atoms with Crippen LogP contribution in [0.25, 0.3) is 11.3 Å². The van der Waals surface area contributed by atoms with Crippen molar-refractivity contribution < 1.29 is 14.3 Å². The van der Waals surface area contributed by atoms with Crippen LogP contribution < -0.4 is 19.7 Å². The maximum Gasteiger partial charge on any atom is 0.255 e. The van der Waals surface area contributed by atoms with E-state index in [1.54, 1.807) is 24.8 Å². The van der Waals surface area contributed by atoms with Gasteiger partial charge in [0.2, 0.25) is 5.88 Å². The Morgan fingerprint density at radius 1 is 1.14 bits per heavy atom. The lowest BCUT2D eigenvalue weighted by Crippen LogP contribution is -2.29. The number of nitrogens with one attached hydrogen (secondary N) is 1. The van der Waals surface area contributed by atoms with Crippen molar-refractivity contribution in [1.29, 1.82) is 0 Å². The van der Waals surface area contributed by atoms with E-state index >= 15 is 0 Å². The van der Waals surface area contributed by atoms with E-state index in [2.05, 4.69) is 20.2 Å². The van der Waals surface area contributed by atoms with Gasteiger partial charge in [-0.1, -0.05) is 0 Å². The molecule has 8 nitrogen and oxygen atoms in total. The molecule has 1 amide bonds. The second-order valence-electron chi connectivity index (χ2n) is 6.80. The Kier molecular flexibility index (Phi) is 3.89. The van der Waals surface area contributed by atoms with Crippen LogP contribution in [-0.2, 0) is 6.54 Å². The first-order chi connectivity index (χ1) is 13.7. The smallest absolute Gasteiger partial charge is 0.255 e. The van der Waals surface area contributed by atoms with Gasteiger partial charge < -0.3 is 24.3 Å². The average Bonchev–Trinajstić information content (AvgIpc) is 3.10. The van der Waals surface area contributed by atoms with E-state index in [-0.39, 0.29) is 5.91 Å². The van der Waals surface area contributed by atoms with Crippen molar-refractivity contribution in [3.63, 3.8) is 0 Å². The summed E-state index contributed by atoms with van der Waals surface area (Å²) in [6, 6.07) is 7.31. The molecule has 0 atom stereocenters. The Hall–Kier alpha value is -3.55. The van der Waals surface area contributed by atoms with Gasteiger partial charge in [-0.05, 0) is 24.3 Å². The summed E-state index contributed by atoms with van der Waals surface area (Å²) in [4.78, 5) is 23.4. The first kappa shape index (κ1) is 16.6. The lowest BCUT2D eigenvalue weighted by Gasteiger charge is -2.26. The van der Waals surface area contributed by atoms with Crippen LogP contribution >= 0.6 is 0 Å². The summed E-state index contributed by atoms with van der Waals surface area (Å²) in [5.74, 6) is 1.13. The van der Waals surface area contributed by atoms with Gasteiger partial charge >= 0.3 is 0 Å². The molecule has 2 aromatic heterocycles. The van der Waals surface area contributed by atoms with E-state index in [1.165, 1.54) is 0 Å². The zero-order valence-electron chi connectivity index (χ0n) is 15.4. The molecule has 0 saturated carbocycles. The topological polar surface area (TPSA) is 81.5 Å². The van der Waals surface area contributed by atoms with Crippen molar-refractivity contribution in [3.05, 3.63) is 48.5 Å². The van der Waals surface area contributed by atoms with E-state index in [0.717, 1.165) is 35.8 Å². The van der Waals surface area contributed by atoms with Crippen LogP contribution in [-0.4, -0.2) is 47.2 Å². The Morgan fingerprint density at radius 2 is 2.04 bits per heavy atom. The van der Waals surface area contributed by atoms with E-state index in [4.69, 9.17) is 9.47 Å². The first-order valence-electron chi connectivity index (χ1n) is 9.12. The fourth-order valence-electron chi connectivity index (χ4n) is 3.47. The largest absolute Gasteiger partial charge is 0.491 e. The molecule has 0 fully saturated rings. The van der Waals surface area contributed by atoms with E-state index < -0.39 is 0 Å². The molecule has 2 aliphatic rings. The molecule has 0 spiro atoms. The van der Waals surface area contributed by atoms with Gasteiger partial charge in [-0.15, -0.1) is 0 Å². The number of likely N-dealkylation sites (N-methyl/N-ethyl adjacent to an activating group) is 1. The van der Waals surface area contributed by atoms with Gasteiger partial charge in [0, 0.05) is 18.2 Å². The molecular formula is C20H19N5O3. The highest BCUT2D eigenvalue weighted by atomic mass is 16.5. The SMILES string of the molecule is CN1CCOc2ncc(NC(=O)c3ccc4c(c3)-c3cncn3CCO4)cc21. The number of benzene rings is 1. The van der Waals surface area contributed by atoms with E-state index in [1.807, 2.05) is 29.8 Å². The zero-order valence-corrected chi connectivity index (χ0v) is 15.4. The number of anilines is 2. The lowest BCUT2D eigenvalue weighted by atomic mass is 10.1. The average molecular weight is 377 g/mol. The maximum absolute atomic E-state index is 12.8. The molecule has 0 saturated heterocycles. The fourth-order valence-corrected chi connectivity index (χ4v) is 3.47. The van der Waals surface area contributed by atoms with Gasteiger partial charge in [0.1, 0.15) is 24.7 Å². The molecule has 0 radical (unpaired) electrons. The Labute approximate surface area is 161 Å². The summed E-state index contributed by atoms with van der Waals surface area (Å²) in [5, 5.41) is 2.92. The molecule has 5 rings (SSSR count). The highest BCUT2D eigenvalue weighted by molar-refractivity contribution is 6.05. The Morgan fingerprint density at radius 3 is 2.96 bits per heavy atom. The summed E-state index contributed by atoms with van der Waals surface area (Å²) in [7, 11) is 1.98. The van der Waals surface area contributed by atoms with Crippen LogP contribution in [0, 0.1) is 0 Å². The molecule has 4 heterocycles. The molecule has 28 heavy (non-hydrogen) atoms. The molecule has 2 aliphatic heterocycles. The number of imidazole rings is 1. The van der Waals surface area contributed by atoms with Crippen molar-refractivity contribution in [3.8, 4) is 22.9 Å². The number of pyridine rings is 1. The number of rotatable bonds is 2. The van der Waals surface area contributed by atoms with Crippen molar-refractivity contribution >= 4 is 17.3 Å². The molecule has 8 heteroatoms. The van der Waals surface area contributed by atoms with Gasteiger partial charge in [-0.3, -0.25) is 4.79 Å². The third kappa shape index (κ3) is 2.83. The monoisotopic (exact) mass is 377 g/mol. The number of carbonyl (C=O) groups is 1. The van der Waals surface area contributed by atoms with Crippen LogP contribution in [0.3, 0.4) is 0 Å². The van der Waals surface area contributed by atoms with Crippen LogP contribution in [0.5, 0.6) is 11.6 Å². The molecule has 0 aliphatic carbocycles. The minimum Gasteiger partial charge on any atom is -0.491 e. The number of amides is 1. The minimum absolute atomic E-state index is 0.209. The van der Waals surface area contributed by atoms with Crippen molar-refractivity contribution in [2.24, 2.45) is 0 Å². The lowest BCUT2D eigenvalue weighted by molar-refractivity contribution is 0.102. The minimum atomic E-state index is -0.209. The normalized spacial score (nSPS) is 14.7. The van der Waals surface area contributed by atoms with Crippen LogP contribution in [0.1, 0.15) is 10.4 Å². The molecule has 3 aromatic rings. The third-order valence-electron chi connectivity index (χ3n) is 4.99. The van der Waals surface area contributed by atoms with Crippen molar-refractivity contribution in [2.75, 3.05) is 37.0 Å². The number of ether oxygens (including phenoxy) is 2. The standard InChI is InChI=1S/C20H19N5O3/c1-24-4-6-28-20-16(24)9-14(10-22-20)23-19(26)13-2-3-18-15(8-13)17-11-21-12-25(17)5-7-27-18/h2-3,8-12H,4-7H2,1H3,(H,23,26). The number of carbonyl (C=O) groups excluding carboxylic acids is 1. The van der Waals surface area contributed by atoms with E-state index in [9.17, 15) is 4.79 Å². The molecular weight excluding hydrogens is 358 g/mol. The van der Waals surface area contributed by atoms with Gasteiger partial charge in [0.15, 0.2) is 0 Å². The maximum atomic E-state index is 12.8. The Bertz CT molecular complexity index is 1060. The molecule has 0 unspecified atom stereocenters. The van der Waals surface area contributed by atoms with Crippen LogP contribution in [0.2, 0.25) is 0 Å². The number of hydrogen-bond acceptors (Lipinski definition) is 6. The number of aromatic nitrogens is 3. The predicted molar refractivity (Wildman–Crippen MR) is 104 cm³/mol. The van der Waals surface area contributed by atoms with Crippen molar-refractivity contribution in [2.45, 2.75) is 6.54 Å². The third-order valence-corrected chi connectivity index (χ3v) is 4.99. The number of nitrogens with zero attached hydrogens (tertiary/aromatic N) is 4. The van der Waals surface area contributed by atoms with Gasteiger partial charge in [0.05, 0.1) is 43.2 Å². The quantitative estimate of drug-likeness (QED) is 0.739. The van der Waals surface area contributed by atoms with Gasteiger partial charge in [-0.2, -0.15) is 0 Å². The summed E-state index contributed by atoms with van der Waals surface area (Å²) in [5.41, 5.74) is 3.83. The second kappa shape index (κ2) is 6.56. The number of hydrogen-bond donors (Lipinski definition) is 1. The highest BCUT2D eigenvalue weighted by Crippen LogP contribution is 2.34. The summed E-state index contributed by atoms with van der Waals surface area (Å²) in [6.07, 6.45) is 5.17. The zero-order chi connectivity index (χ0) is 19.1. The molecule has 1 aromatic carbocycles. The highest BCUT2D eigenvalue weighted by Gasteiger charge is 2.20. The Balaban J connectivity index is 1.44. The first-order valence-corrected chi connectivity index (χ1v) is 9.12. The van der Waals surface area contributed by atoms with Gasteiger partial charge in [-0.25, -0.2) is 9.97 Å². The summed E-state index contributed by atoms with van der Waals surface area (Å²) < 4.78 is 13.4. The fraction of sp³-hybridized carbons (Fsp3) is 0.250. The molecule has 1 N–H and O–H groups in total. The molecule has 142 valence electrons.